The zero-order valence-electron chi connectivity index (χ0n) is 9.49. The van der Waals surface area contributed by atoms with Gasteiger partial charge >= 0.3 is 5.97 Å². The van der Waals surface area contributed by atoms with Crippen LogP contribution in [0.1, 0.15) is 31.2 Å². The molecule has 2 atom stereocenters. The number of nitrogens with two attached hydrogens (primary N) is 1. The second kappa shape index (κ2) is 5.72. The molecule has 1 aromatic carbocycles. The smallest absolute Gasteiger partial charge is 0.304 e. The van der Waals surface area contributed by atoms with Crippen molar-refractivity contribution in [3.8, 4) is 0 Å². The average molecular weight is 243 g/mol. The van der Waals surface area contributed by atoms with Crippen LogP contribution in [-0.2, 0) is 4.79 Å². The van der Waals surface area contributed by atoms with Crippen molar-refractivity contribution in [1.29, 1.82) is 0 Å². The van der Waals surface area contributed by atoms with Crippen LogP contribution in [0.15, 0.2) is 18.2 Å². The van der Waals surface area contributed by atoms with Crippen molar-refractivity contribution in [2.75, 3.05) is 0 Å². The highest BCUT2D eigenvalue weighted by Crippen LogP contribution is 2.28. The predicted molar refractivity (Wildman–Crippen MR) is 59.6 cm³/mol. The molecular formula is C12H15F2NO2. The predicted octanol–water partition coefficient (Wildman–Crippen LogP) is 2.26. The van der Waals surface area contributed by atoms with E-state index in [4.69, 9.17) is 10.8 Å². The van der Waals surface area contributed by atoms with Crippen LogP contribution in [0, 0.1) is 11.6 Å². The fourth-order valence-corrected chi connectivity index (χ4v) is 1.81. The highest BCUT2D eigenvalue weighted by molar-refractivity contribution is 5.68. The number of hydrogen-bond acceptors (Lipinski definition) is 2. The number of rotatable bonds is 5. The molecule has 5 heteroatoms. The maximum absolute atomic E-state index is 13.6. The molecule has 0 saturated heterocycles. The molecule has 0 saturated carbocycles. The van der Waals surface area contributed by atoms with Gasteiger partial charge in [0.05, 0.1) is 6.42 Å². The zero-order valence-corrected chi connectivity index (χ0v) is 9.49. The van der Waals surface area contributed by atoms with Crippen LogP contribution in [-0.4, -0.2) is 17.1 Å². The minimum absolute atomic E-state index is 0.232. The summed E-state index contributed by atoms with van der Waals surface area (Å²) < 4.78 is 27.1. The van der Waals surface area contributed by atoms with Gasteiger partial charge in [-0.2, -0.15) is 0 Å². The molecule has 0 aliphatic heterocycles. The van der Waals surface area contributed by atoms with Gasteiger partial charge in [-0.3, -0.25) is 4.79 Å². The molecule has 2 unspecified atom stereocenters. The van der Waals surface area contributed by atoms with E-state index in [0.717, 1.165) is 12.1 Å². The number of benzene rings is 1. The normalized spacial score (nSPS) is 14.4. The largest absolute Gasteiger partial charge is 0.481 e. The molecule has 3 N–H and O–H groups in total. The Kier molecular flexibility index (Phi) is 4.57. The fraction of sp³-hybridized carbons (Fsp3) is 0.417. The number of carboxylic acids is 1. The van der Waals surface area contributed by atoms with Gasteiger partial charge in [0.25, 0.3) is 0 Å². The van der Waals surface area contributed by atoms with Crippen molar-refractivity contribution in [2.45, 2.75) is 31.7 Å². The summed E-state index contributed by atoms with van der Waals surface area (Å²) in [6, 6.07) is 2.87. The lowest BCUT2D eigenvalue weighted by atomic mass is 9.87. The molecule has 1 aromatic rings. The van der Waals surface area contributed by atoms with Crippen molar-refractivity contribution >= 4 is 5.97 Å². The van der Waals surface area contributed by atoms with Crippen LogP contribution in [0.25, 0.3) is 0 Å². The number of aliphatic carboxylic acids is 1. The van der Waals surface area contributed by atoms with Gasteiger partial charge in [-0.15, -0.1) is 0 Å². The molecule has 1 rings (SSSR count). The molecule has 0 amide bonds. The maximum Gasteiger partial charge on any atom is 0.304 e. The zero-order chi connectivity index (χ0) is 13.0. The SMILES string of the molecule is CCC(N)C(CC(=O)O)c1c(F)cccc1F. The molecule has 17 heavy (non-hydrogen) atoms. The topological polar surface area (TPSA) is 63.3 Å². The summed E-state index contributed by atoms with van der Waals surface area (Å²) >= 11 is 0. The first kappa shape index (κ1) is 13.6. The molecule has 0 spiro atoms. The van der Waals surface area contributed by atoms with E-state index in [-0.39, 0.29) is 12.0 Å². The Morgan fingerprint density at radius 3 is 2.35 bits per heavy atom. The third kappa shape index (κ3) is 3.23. The van der Waals surface area contributed by atoms with E-state index in [0.29, 0.717) is 6.42 Å². The van der Waals surface area contributed by atoms with Crippen molar-refractivity contribution in [3.63, 3.8) is 0 Å². The summed E-state index contributed by atoms with van der Waals surface area (Å²) in [6.07, 6.45) is 0.0680. The van der Waals surface area contributed by atoms with Gasteiger partial charge in [0.1, 0.15) is 11.6 Å². The molecule has 0 aromatic heterocycles. The van der Waals surface area contributed by atoms with Crippen LogP contribution >= 0.6 is 0 Å². The number of carbonyl (C=O) groups is 1. The van der Waals surface area contributed by atoms with Gasteiger partial charge in [0.2, 0.25) is 0 Å². The molecule has 0 aliphatic carbocycles. The van der Waals surface area contributed by atoms with Gasteiger partial charge < -0.3 is 10.8 Å². The van der Waals surface area contributed by atoms with E-state index < -0.39 is 29.6 Å². The summed E-state index contributed by atoms with van der Waals surface area (Å²) in [4.78, 5) is 10.7. The third-order valence-electron chi connectivity index (χ3n) is 2.75. The minimum Gasteiger partial charge on any atom is -0.481 e. The Hall–Kier alpha value is -1.49. The second-order valence-electron chi connectivity index (χ2n) is 3.91. The summed E-state index contributed by atoms with van der Waals surface area (Å²) in [6.45, 7) is 1.75. The summed E-state index contributed by atoms with van der Waals surface area (Å²) in [5.41, 5.74) is 5.51. The summed E-state index contributed by atoms with van der Waals surface area (Å²) in [5, 5.41) is 8.77. The van der Waals surface area contributed by atoms with E-state index in [2.05, 4.69) is 0 Å². The molecule has 0 radical (unpaired) electrons. The first-order valence-electron chi connectivity index (χ1n) is 5.38. The van der Waals surface area contributed by atoms with Gasteiger partial charge in [-0.1, -0.05) is 13.0 Å². The first-order valence-corrected chi connectivity index (χ1v) is 5.38. The highest BCUT2D eigenvalue weighted by atomic mass is 19.1. The van der Waals surface area contributed by atoms with Gasteiger partial charge in [0, 0.05) is 17.5 Å². The van der Waals surface area contributed by atoms with E-state index >= 15 is 0 Å². The number of hydrogen-bond donors (Lipinski definition) is 2. The first-order chi connectivity index (χ1) is 7.97. The molecule has 0 fully saturated rings. The second-order valence-corrected chi connectivity index (χ2v) is 3.91. The lowest BCUT2D eigenvalue weighted by molar-refractivity contribution is -0.137. The number of halogens is 2. The lowest BCUT2D eigenvalue weighted by Crippen LogP contribution is -2.30. The molecular weight excluding hydrogens is 228 g/mol. The Morgan fingerprint density at radius 2 is 1.94 bits per heavy atom. The molecule has 0 bridgehead atoms. The quantitative estimate of drug-likeness (QED) is 0.833. The molecule has 3 nitrogen and oxygen atoms in total. The van der Waals surface area contributed by atoms with E-state index in [1.165, 1.54) is 6.07 Å². The van der Waals surface area contributed by atoms with E-state index in [1.54, 1.807) is 6.92 Å². The van der Waals surface area contributed by atoms with Gasteiger partial charge in [-0.05, 0) is 18.6 Å². The van der Waals surface area contributed by atoms with Crippen LogP contribution in [0.3, 0.4) is 0 Å². The van der Waals surface area contributed by atoms with Crippen LogP contribution in [0.2, 0.25) is 0 Å². The van der Waals surface area contributed by atoms with E-state index in [9.17, 15) is 13.6 Å². The molecule has 0 aliphatic rings. The molecule has 0 heterocycles. The Bertz CT molecular complexity index is 389. The highest BCUT2D eigenvalue weighted by Gasteiger charge is 2.27. The molecule has 94 valence electrons. The summed E-state index contributed by atoms with van der Waals surface area (Å²) in [5.74, 6) is -3.47. The fourth-order valence-electron chi connectivity index (χ4n) is 1.81. The van der Waals surface area contributed by atoms with Crippen LogP contribution < -0.4 is 5.73 Å². The summed E-state index contributed by atoms with van der Waals surface area (Å²) in [7, 11) is 0. The Labute approximate surface area is 98.2 Å². The average Bonchev–Trinajstić information content (AvgIpc) is 2.26. The van der Waals surface area contributed by atoms with Gasteiger partial charge in [-0.25, -0.2) is 8.78 Å². The standard InChI is InChI=1S/C12H15F2NO2/c1-2-10(15)7(6-11(16)17)12-8(13)4-3-5-9(12)14/h3-5,7,10H,2,6,15H2,1H3,(H,16,17). The van der Waals surface area contributed by atoms with Crippen molar-refractivity contribution in [1.82, 2.24) is 0 Å². The monoisotopic (exact) mass is 243 g/mol. The minimum atomic E-state index is -1.12. The maximum atomic E-state index is 13.6. The van der Waals surface area contributed by atoms with Crippen molar-refractivity contribution in [3.05, 3.63) is 35.4 Å². The van der Waals surface area contributed by atoms with E-state index in [1.807, 2.05) is 0 Å². The van der Waals surface area contributed by atoms with Crippen LogP contribution in [0.5, 0.6) is 0 Å². The van der Waals surface area contributed by atoms with Crippen molar-refractivity contribution < 1.29 is 18.7 Å². The van der Waals surface area contributed by atoms with Crippen molar-refractivity contribution in [2.24, 2.45) is 5.73 Å². The Morgan fingerprint density at radius 1 is 1.41 bits per heavy atom. The lowest BCUT2D eigenvalue weighted by Gasteiger charge is -2.22. The Balaban J connectivity index is 3.16. The van der Waals surface area contributed by atoms with Crippen LogP contribution in [0.4, 0.5) is 8.78 Å². The third-order valence-corrected chi connectivity index (χ3v) is 2.75. The number of carboxylic acid groups (broad SMARTS) is 1. The van der Waals surface area contributed by atoms with Gasteiger partial charge in [0.15, 0.2) is 0 Å².